The summed E-state index contributed by atoms with van der Waals surface area (Å²) in [5.41, 5.74) is 3.75. The topological polar surface area (TPSA) is 113 Å². The number of hydrogen-bond donors (Lipinski definition) is 1. The Morgan fingerprint density at radius 1 is 1.00 bits per heavy atom. The monoisotopic (exact) mass is 501 g/mol. The standard InChI is InChI=1S/C28H27N3O6/c1-17-26(18(2)31(30-17)15-21-7-5-6-8-24(21)28(34)35-4)29-27(33)25-14-13-23(37-25)16-36-22-11-9-20(10-12-22)19(3)32/h5-14H,15-16H2,1-4H3,(H,29,33). The summed E-state index contributed by atoms with van der Waals surface area (Å²) in [4.78, 5) is 36.4. The minimum absolute atomic E-state index is 0.0183. The highest BCUT2D eigenvalue weighted by atomic mass is 16.5. The number of furan rings is 1. The van der Waals surface area contributed by atoms with Gasteiger partial charge in [0.2, 0.25) is 0 Å². The van der Waals surface area contributed by atoms with Crippen LogP contribution in [0.2, 0.25) is 0 Å². The molecule has 9 nitrogen and oxygen atoms in total. The third-order valence-electron chi connectivity index (χ3n) is 5.89. The minimum atomic E-state index is -0.420. The Morgan fingerprint density at radius 2 is 1.73 bits per heavy atom. The highest BCUT2D eigenvalue weighted by Gasteiger charge is 2.19. The third-order valence-corrected chi connectivity index (χ3v) is 5.89. The molecule has 4 aromatic rings. The number of ether oxygens (including phenoxy) is 2. The molecule has 2 aromatic carbocycles. The number of anilines is 1. The molecule has 0 spiro atoms. The Morgan fingerprint density at radius 3 is 2.43 bits per heavy atom. The number of nitrogens with zero attached hydrogens (tertiary/aromatic N) is 2. The molecule has 37 heavy (non-hydrogen) atoms. The molecular formula is C28H27N3O6. The Labute approximate surface area is 214 Å². The number of aryl methyl sites for hydroxylation is 1. The first-order chi connectivity index (χ1) is 17.8. The maximum Gasteiger partial charge on any atom is 0.338 e. The summed E-state index contributed by atoms with van der Waals surface area (Å²) in [7, 11) is 1.34. The Kier molecular flexibility index (Phi) is 7.52. The van der Waals surface area contributed by atoms with Gasteiger partial charge in [-0.1, -0.05) is 18.2 Å². The van der Waals surface area contributed by atoms with E-state index in [9.17, 15) is 14.4 Å². The first-order valence-electron chi connectivity index (χ1n) is 11.6. The third kappa shape index (κ3) is 5.78. The van der Waals surface area contributed by atoms with Crippen LogP contribution in [0.1, 0.15) is 60.9 Å². The van der Waals surface area contributed by atoms with Crippen LogP contribution >= 0.6 is 0 Å². The summed E-state index contributed by atoms with van der Waals surface area (Å²) < 4.78 is 18.0. The molecule has 0 fully saturated rings. The fourth-order valence-electron chi connectivity index (χ4n) is 3.85. The van der Waals surface area contributed by atoms with Gasteiger partial charge in [0.15, 0.2) is 11.5 Å². The van der Waals surface area contributed by atoms with Crippen molar-refractivity contribution in [2.45, 2.75) is 33.9 Å². The predicted octanol–water partition coefficient (Wildman–Crippen LogP) is 4.96. The van der Waals surface area contributed by atoms with Crippen LogP contribution in [0.15, 0.2) is 65.1 Å². The lowest BCUT2D eigenvalue weighted by Gasteiger charge is -2.10. The van der Waals surface area contributed by atoms with Crippen LogP contribution in [0.4, 0.5) is 5.69 Å². The Hall–Kier alpha value is -4.66. The van der Waals surface area contributed by atoms with Crippen molar-refractivity contribution in [3.05, 3.63) is 100 Å². The molecule has 2 aromatic heterocycles. The van der Waals surface area contributed by atoms with Crippen molar-refractivity contribution >= 4 is 23.3 Å². The minimum Gasteiger partial charge on any atom is -0.486 e. The summed E-state index contributed by atoms with van der Waals surface area (Å²) in [6.45, 7) is 5.61. The lowest BCUT2D eigenvalue weighted by atomic mass is 10.1. The average Bonchev–Trinajstić information content (AvgIpc) is 3.48. The number of carbonyl (C=O) groups is 3. The number of esters is 1. The van der Waals surface area contributed by atoms with Gasteiger partial charge in [-0.15, -0.1) is 0 Å². The summed E-state index contributed by atoms with van der Waals surface area (Å²) in [6.07, 6.45) is 0. The molecule has 0 saturated heterocycles. The second-order valence-corrected chi connectivity index (χ2v) is 8.44. The maximum absolute atomic E-state index is 12.9. The molecule has 1 N–H and O–H groups in total. The summed E-state index contributed by atoms with van der Waals surface area (Å²) in [5, 5.41) is 7.41. The predicted molar refractivity (Wildman–Crippen MR) is 136 cm³/mol. The molecule has 0 aliphatic rings. The largest absolute Gasteiger partial charge is 0.486 e. The van der Waals surface area contributed by atoms with Crippen molar-refractivity contribution in [1.82, 2.24) is 9.78 Å². The normalized spacial score (nSPS) is 10.7. The van der Waals surface area contributed by atoms with Crippen molar-refractivity contribution in [2.24, 2.45) is 0 Å². The second kappa shape index (κ2) is 10.9. The number of carbonyl (C=O) groups excluding carboxylic acids is 3. The molecule has 0 atom stereocenters. The van der Waals surface area contributed by atoms with E-state index in [1.165, 1.54) is 14.0 Å². The first kappa shape index (κ1) is 25.4. The van der Waals surface area contributed by atoms with Crippen LogP contribution in [0.5, 0.6) is 5.75 Å². The van der Waals surface area contributed by atoms with E-state index in [2.05, 4.69) is 10.4 Å². The van der Waals surface area contributed by atoms with Crippen molar-refractivity contribution < 1.29 is 28.3 Å². The fourth-order valence-corrected chi connectivity index (χ4v) is 3.85. The second-order valence-electron chi connectivity index (χ2n) is 8.44. The van der Waals surface area contributed by atoms with Crippen LogP contribution in [0, 0.1) is 13.8 Å². The molecule has 0 aliphatic carbocycles. The van der Waals surface area contributed by atoms with Crippen LogP contribution < -0.4 is 10.1 Å². The number of aromatic nitrogens is 2. The number of amides is 1. The molecule has 0 saturated carbocycles. The SMILES string of the molecule is COC(=O)c1ccccc1Cn1nc(C)c(NC(=O)c2ccc(COc3ccc(C(C)=O)cc3)o2)c1C. The number of hydrogen-bond acceptors (Lipinski definition) is 7. The first-order valence-corrected chi connectivity index (χ1v) is 11.6. The van der Waals surface area contributed by atoms with E-state index in [1.54, 1.807) is 60.1 Å². The van der Waals surface area contributed by atoms with Gasteiger partial charge in [-0.25, -0.2) is 4.79 Å². The molecule has 0 bridgehead atoms. The molecular weight excluding hydrogens is 474 g/mol. The van der Waals surface area contributed by atoms with Gasteiger partial charge in [-0.05, 0) is 68.8 Å². The molecule has 0 aliphatic heterocycles. The van der Waals surface area contributed by atoms with Gasteiger partial charge in [0.25, 0.3) is 5.91 Å². The van der Waals surface area contributed by atoms with E-state index in [0.29, 0.717) is 40.6 Å². The highest BCUT2D eigenvalue weighted by molar-refractivity contribution is 6.03. The Bertz CT molecular complexity index is 1450. The fraction of sp³-hybridized carbons (Fsp3) is 0.214. The lowest BCUT2D eigenvalue weighted by Crippen LogP contribution is -2.13. The zero-order chi connectivity index (χ0) is 26.5. The van der Waals surface area contributed by atoms with Crippen LogP contribution in [-0.2, 0) is 17.9 Å². The zero-order valence-electron chi connectivity index (χ0n) is 21.0. The van der Waals surface area contributed by atoms with Gasteiger partial charge in [0.05, 0.1) is 36.3 Å². The Balaban J connectivity index is 1.42. The van der Waals surface area contributed by atoms with Gasteiger partial charge < -0.3 is 19.2 Å². The number of benzene rings is 2. The average molecular weight is 502 g/mol. The summed E-state index contributed by atoms with van der Waals surface area (Å²) >= 11 is 0. The molecule has 0 unspecified atom stereocenters. The van der Waals surface area contributed by atoms with E-state index < -0.39 is 11.9 Å². The van der Waals surface area contributed by atoms with E-state index in [4.69, 9.17) is 13.9 Å². The van der Waals surface area contributed by atoms with E-state index in [1.807, 2.05) is 19.1 Å². The smallest absolute Gasteiger partial charge is 0.338 e. The van der Waals surface area contributed by atoms with Crippen molar-refractivity contribution in [3.8, 4) is 5.75 Å². The van der Waals surface area contributed by atoms with Crippen LogP contribution in [0.3, 0.4) is 0 Å². The number of Topliss-reactive ketones (excluding diaryl/α,β-unsaturated/α-hetero) is 1. The number of rotatable bonds is 9. The van der Waals surface area contributed by atoms with Crippen molar-refractivity contribution in [3.63, 3.8) is 0 Å². The zero-order valence-corrected chi connectivity index (χ0v) is 21.0. The van der Waals surface area contributed by atoms with Gasteiger partial charge in [-0.3, -0.25) is 14.3 Å². The van der Waals surface area contributed by atoms with Gasteiger partial charge in [-0.2, -0.15) is 5.10 Å². The van der Waals surface area contributed by atoms with Gasteiger partial charge in [0, 0.05) is 5.56 Å². The molecule has 190 valence electrons. The summed E-state index contributed by atoms with van der Waals surface area (Å²) in [5.74, 6) is 0.335. The van der Waals surface area contributed by atoms with Crippen molar-refractivity contribution in [2.75, 3.05) is 12.4 Å². The quantitative estimate of drug-likeness (QED) is 0.255. The van der Waals surface area contributed by atoms with E-state index in [-0.39, 0.29) is 18.2 Å². The van der Waals surface area contributed by atoms with Crippen LogP contribution in [0.25, 0.3) is 0 Å². The maximum atomic E-state index is 12.9. The van der Waals surface area contributed by atoms with E-state index >= 15 is 0 Å². The molecule has 4 rings (SSSR count). The lowest BCUT2D eigenvalue weighted by molar-refractivity contribution is 0.0599. The molecule has 0 radical (unpaired) electrons. The van der Waals surface area contributed by atoms with Crippen LogP contribution in [-0.4, -0.2) is 34.6 Å². The number of nitrogens with one attached hydrogen (secondary N) is 1. The van der Waals surface area contributed by atoms with E-state index in [0.717, 1.165) is 11.3 Å². The number of methoxy groups -OCH3 is 1. The van der Waals surface area contributed by atoms with Gasteiger partial charge >= 0.3 is 5.97 Å². The molecule has 9 heteroatoms. The molecule has 1 amide bonds. The summed E-state index contributed by atoms with van der Waals surface area (Å²) in [6, 6.07) is 17.2. The van der Waals surface area contributed by atoms with Crippen molar-refractivity contribution in [1.29, 1.82) is 0 Å². The van der Waals surface area contributed by atoms with Gasteiger partial charge in [0.1, 0.15) is 18.1 Å². The highest BCUT2D eigenvalue weighted by Crippen LogP contribution is 2.23. The molecule has 2 heterocycles. The number of ketones is 1.